The second-order valence-corrected chi connectivity index (χ2v) is 8.65. The van der Waals surface area contributed by atoms with Crippen LogP contribution >= 0.6 is 0 Å². The summed E-state index contributed by atoms with van der Waals surface area (Å²) in [7, 11) is 1.38. The molecule has 2 aliphatic rings. The van der Waals surface area contributed by atoms with Gasteiger partial charge >= 0.3 is 5.97 Å². The van der Waals surface area contributed by atoms with Gasteiger partial charge in [-0.1, -0.05) is 44.4 Å². The monoisotopic (exact) mass is 334 g/mol. The van der Waals surface area contributed by atoms with Gasteiger partial charge in [-0.05, 0) is 56.8 Å². The van der Waals surface area contributed by atoms with E-state index in [4.69, 9.17) is 4.74 Å². The quantitative estimate of drug-likeness (QED) is 0.456. The fourth-order valence-electron chi connectivity index (χ4n) is 4.82. The van der Waals surface area contributed by atoms with E-state index in [2.05, 4.69) is 27.7 Å². The molecule has 24 heavy (non-hydrogen) atoms. The number of allylic oxidation sites excluding steroid dienone is 1. The lowest BCUT2D eigenvalue weighted by atomic mass is 9.54. The lowest BCUT2D eigenvalue weighted by Crippen LogP contribution is -2.45. The Morgan fingerprint density at radius 2 is 2.00 bits per heavy atom. The van der Waals surface area contributed by atoms with Crippen molar-refractivity contribution in [1.29, 1.82) is 0 Å². The number of carbonyl (C=O) groups is 1. The van der Waals surface area contributed by atoms with Crippen LogP contribution in [0.15, 0.2) is 22.8 Å². The molecular formula is C21H34O3. The molecule has 3 unspecified atom stereocenters. The van der Waals surface area contributed by atoms with E-state index in [1.54, 1.807) is 5.57 Å². The minimum atomic E-state index is -0.465. The number of ether oxygens (including phenoxy) is 1. The number of aliphatic hydroxyl groups is 1. The van der Waals surface area contributed by atoms with Gasteiger partial charge < -0.3 is 9.84 Å². The van der Waals surface area contributed by atoms with Crippen LogP contribution in [0.25, 0.3) is 0 Å². The van der Waals surface area contributed by atoms with Crippen LogP contribution in [0, 0.1) is 16.7 Å². The molecule has 0 aliphatic heterocycles. The smallest absolute Gasteiger partial charge is 0.330 e. The highest BCUT2D eigenvalue weighted by atomic mass is 16.5. The Hall–Kier alpha value is -1.09. The zero-order chi connectivity index (χ0) is 18.1. The molecular weight excluding hydrogens is 300 g/mol. The predicted molar refractivity (Wildman–Crippen MR) is 97.6 cm³/mol. The molecule has 2 aliphatic carbocycles. The van der Waals surface area contributed by atoms with Crippen LogP contribution < -0.4 is 0 Å². The lowest BCUT2D eigenvalue weighted by molar-refractivity contribution is -0.134. The average molecular weight is 335 g/mol. The first-order chi connectivity index (χ1) is 11.1. The van der Waals surface area contributed by atoms with Gasteiger partial charge in [-0.2, -0.15) is 0 Å². The van der Waals surface area contributed by atoms with Crippen LogP contribution in [-0.4, -0.2) is 24.3 Å². The first kappa shape index (κ1) is 19.2. The van der Waals surface area contributed by atoms with Crippen molar-refractivity contribution in [2.75, 3.05) is 7.11 Å². The minimum absolute atomic E-state index is 0.198. The van der Waals surface area contributed by atoms with Crippen molar-refractivity contribution in [2.45, 2.75) is 79.2 Å². The molecule has 0 heterocycles. The number of hydrogen-bond acceptors (Lipinski definition) is 3. The van der Waals surface area contributed by atoms with Gasteiger partial charge in [0.2, 0.25) is 0 Å². The summed E-state index contributed by atoms with van der Waals surface area (Å²) in [5.74, 6) is 0.103. The van der Waals surface area contributed by atoms with Gasteiger partial charge in [-0.3, -0.25) is 0 Å². The summed E-state index contributed by atoms with van der Waals surface area (Å²) in [6.07, 6.45) is 7.42. The van der Waals surface area contributed by atoms with E-state index in [1.807, 2.05) is 6.92 Å². The Morgan fingerprint density at radius 3 is 2.62 bits per heavy atom. The molecule has 3 atom stereocenters. The Bertz CT molecular complexity index is 555. The van der Waals surface area contributed by atoms with Crippen LogP contribution in [0.1, 0.15) is 73.1 Å². The van der Waals surface area contributed by atoms with Gasteiger partial charge in [-0.25, -0.2) is 4.79 Å². The molecule has 0 radical (unpaired) electrons. The zero-order valence-corrected chi connectivity index (χ0v) is 16.2. The summed E-state index contributed by atoms with van der Waals surface area (Å²) < 4.78 is 4.70. The van der Waals surface area contributed by atoms with Crippen LogP contribution in [0.4, 0.5) is 0 Å². The van der Waals surface area contributed by atoms with E-state index in [9.17, 15) is 9.90 Å². The molecule has 0 amide bonds. The van der Waals surface area contributed by atoms with Crippen LogP contribution in [0.3, 0.4) is 0 Å². The highest BCUT2D eigenvalue weighted by Crippen LogP contribution is 2.56. The fourth-order valence-corrected chi connectivity index (χ4v) is 4.82. The highest BCUT2D eigenvalue weighted by Gasteiger charge is 2.48. The van der Waals surface area contributed by atoms with Crippen molar-refractivity contribution < 1.29 is 14.6 Å². The van der Waals surface area contributed by atoms with E-state index in [0.717, 1.165) is 18.4 Å². The number of hydrogen-bond donors (Lipinski definition) is 1. The number of carbonyl (C=O) groups excluding carboxylic acids is 1. The molecule has 1 N–H and O–H groups in total. The maximum atomic E-state index is 11.4. The van der Waals surface area contributed by atoms with E-state index in [0.29, 0.717) is 12.3 Å². The fraction of sp³-hybridized carbons (Fsp3) is 0.762. The average Bonchev–Trinajstić information content (AvgIpc) is 2.50. The van der Waals surface area contributed by atoms with Gasteiger partial charge in [0.25, 0.3) is 0 Å². The molecule has 0 aromatic rings. The predicted octanol–water partition coefficient (Wildman–Crippen LogP) is 4.80. The molecule has 2 rings (SSSR count). The number of aliphatic hydroxyl groups excluding tert-OH is 1. The molecule has 0 aromatic carbocycles. The molecule has 0 saturated carbocycles. The van der Waals surface area contributed by atoms with Gasteiger partial charge in [0.1, 0.15) is 0 Å². The van der Waals surface area contributed by atoms with Crippen molar-refractivity contribution in [3.05, 3.63) is 22.8 Å². The van der Waals surface area contributed by atoms with Crippen LogP contribution in [-0.2, 0) is 9.53 Å². The molecule has 0 aromatic heterocycles. The Kier molecular flexibility index (Phi) is 5.64. The number of rotatable bonds is 4. The summed E-state index contributed by atoms with van der Waals surface area (Å²) in [4.78, 5) is 11.4. The van der Waals surface area contributed by atoms with Crippen molar-refractivity contribution in [3.8, 4) is 0 Å². The second-order valence-electron chi connectivity index (χ2n) is 8.65. The summed E-state index contributed by atoms with van der Waals surface area (Å²) in [5, 5.41) is 11.1. The number of methoxy groups -OCH3 is 1. The normalized spacial score (nSPS) is 31.5. The summed E-state index contributed by atoms with van der Waals surface area (Å²) >= 11 is 0. The molecule has 136 valence electrons. The maximum absolute atomic E-state index is 11.4. The largest absolute Gasteiger partial charge is 0.466 e. The Morgan fingerprint density at radius 1 is 1.33 bits per heavy atom. The third-order valence-electron chi connectivity index (χ3n) is 6.68. The van der Waals surface area contributed by atoms with Gasteiger partial charge in [0.05, 0.1) is 13.2 Å². The standard InChI is InChI=1S/C21H34O3/c1-14(13-19(23)24-6)12-18(22)21(5)15(2)9-10-16-17(21)8-7-11-20(16,3)4/h13,15,18,22H,7-12H2,1-6H3. The highest BCUT2D eigenvalue weighted by molar-refractivity contribution is 5.82. The first-order valence-corrected chi connectivity index (χ1v) is 9.29. The summed E-state index contributed by atoms with van der Waals surface area (Å²) in [6.45, 7) is 11.1. The third kappa shape index (κ3) is 3.46. The van der Waals surface area contributed by atoms with E-state index >= 15 is 0 Å². The Balaban J connectivity index is 2.34. The first-order valence-electron chi connectivity index (χ1n) is 9.29. The van der Waals surface area contributed by atoms with Crippen LogP contribution in [0.2, 0.25) is 0 Å². The zero-order valence-electron chi connectivity index (χ0n) is 16.2. The molecule has 0 spiro atoms. The van der Waals surface area contributed by atoms with Gasteiger partial charge in [0.15, 0.2) is 0 Å². The van der Waals surface area contributed by atoms with E-state index < -0.39 is 6.10 Å². The van der Waals surface area contributed by atoms with Crippen molar-refractivity contribution in [1.82, 2.24) is 0 Å². The van der Waals surface area contributed by atoms with Crippen LogP contribution in [0.5, 0.6) is 0 Å². The Labute approximate surface area is 147 Å². The second kappa shape index (κ2) is 7.03. The van der Waals surface area contributed by atoms with Crippen molar-refractivity contribution in [2.24, 2.45) is 16.7 Å². The molecule has 0 saturated heterocycles. The van der Waals surface area contributed by atoms with Crippen molar-refractivity contribution >= 4 is 5.97 Å². The minimum Gasteiger partial charge on any atom is -0.466 e. The van der Waals surface area contributed by atoms with Gasteiger partial charge in [0, 0.05) is 11.5 Å². The molecule has 3 nitrogen and oxygen atoms in total. The van der Waals surface area contributed by atoms with E-state index in [-0.39, 0.29) is 16.8 Å². The van der Waals surface area contributed by atoms with E-state index in [1.165, 1.54) is 38.0 Å². The summed E-state index contributed by atoms with van der Waals surface area (Å²) in [6, 6.07) is 0. The molecule has 3 heteroatoms. The molecule has 0 bridgehead atoms. The lowest BCUT2D eigenvalue weighted by Gasteiger charge is -2.51. The topological polar surface area (TPSA) is 46.5 Å². The third-order valence-corrected chi connectivity index (χ3v) is 6.68. The SMILES string of the molecule is COC(=O)C=C(C)CC(O)C1(C)C2=C(CCC1C)C(C)(C)CCC2. The summed E-state index contributed by atoms with van der Waals surface area (Å²) in [5.41, 5.74) is 4.02. The maximum Gasteiger partial charge on any atom is 0.330 e. The van der Waals surface area contributed by atoms with Crippen molar-refractivity contribution in [3.63, 3.8) is 0 Å². The molecule has 0 fully saturated rings. The number of esters is 1. The van der Waals surface area contributed by atoms with Gasteiger partial charge in [-0.15, -0.1) is 0 Å².